The van der Waals surface area contributed by atoms with Gasteiger partial charge in [0.2, 0.25) is 0 Å². The first-order valence-corrected chi connectivity index (χ1v) is 20.3. The second kappa shape index (κ2) is 17.2. The Bertz CT molecular complexity index is 1520. The summed E-state index contributed by atoms with van der Waals surface area (Å²) in [5, 5.41) is 48.1. The van der Waals surface area contributed by atoms with Crippen LogP contribution in [0, 0.1) is 36.0 Å². The van der Waals surface area contributed by atoms with E-state index in [-0.39, 0.29) is 24.5 Å². The number of carbonyl (C=O) groups is 1. The highest BCUT2D eigenvalue weighted by Crippen LogP contribution is 2.48. The number of aliphatic hydroxyl groups excluding tert-OH is 2. The fraction of sp³-hybridized carbons (Fsp3) is 0.829. The van der Waals surface area contributed by atoms with Gasteiger partial charge >= 0.3 is 5.97 Å². The van der Waals surface area contributed by atoms with Crippen LogP contribution in [-0.4, -0.2) is 137 Å². The number of aryl methyl sites for hydroxylation is 1. The fourth-order valence-corrected chi connectivity index (χ4v) is 9.48. The number of hydrogen-bond acceptors (Lipinski definition) is 14. The summed E-state index contributed by atoms with van der Waals surface area (Å²) < 4.78 is 34.0. The number of nitrogens with zero attached hydrogens (tertiary/aromatic N) is 4. The molecule has 5 rings (SSSR count). The number of esters is 1. The second-order valence-electron chi connectivity index (χ2n) is 17.6. The van der Waals surface area contributed by atoms with E-state index in [0.29, 0.717) is 56.7 Å². The van der Waals surface area contributed by atoms with Crippen LogP contribution in [0.25, 0.3) is 0 Å². The van der Waals surface area contributed by atoms with E-state index in [1.807, 2.05) is 66.6 Å². The number of likely N-dealkylation sites (N-methyl/N-ethyl adjacent to an activating group) is 1. The van der Waals surface area contributed by atoms with E-state index in [4.69, 9.17) is 28.7 Å². The summed E-state index contributed by atoms with van der Waals surface area (Å²) in [6.07, 6.45) is -3.64. The maximum atomic E-state index is 14.3. The molecule has 14 atom stereocenters. The number of cyclic esters (lactones) is 1. The second-order valence-corrected chi connectivity index (χ2v) is 17.6. The molecule has 55 heavy (non-hydrogen) atoms. The Balaban J connectivity index is 1.60. The lowest BCUT2D eigenvalue weighted by Gasteiger charge is -2.49. The normalized spacial score (nSPS) is 41.9. The topological polar surface area (TPSA) is 179 Å². The molecule has 4 saturated heterocycles. The van der Waals surface area contributed by atoms with Gasteiger partial charge in [0, 0.05) is 49.6 Å². The van der Waals surface area contributed by atoms with Gasteiger partial charge in [-0.05, 0) is 99.5 Å². The van der Waals surface area contributed by atoms with Crippen molar-refractivity contribution in [3.05, 3.63) is 23.4 Å². The molecule has 5 heterocycles. The number of carbonyl (C=O) groups excluding carboxylic acids is 1. The van der Waals surface area contributed by atoms with Crippen LogP contribution in [0.3, 0.4) is 0 Å². The standard InChI is InChI=1S/C41H67N5O9/c1-12-31-40(9,50)34(48)28(7)43-22-23(2)20-39(8)35(53-38-32(47)30(45(10)11)19-25(4)51-38)26(5)33(27(6)37(49)52-31)54-41(55-39)15-17-46(18-16-41)36-29(21-42)14-13-24(3)44-36/h13-14,23,25-28,30-35,38,43,47-48,50H,12,15-20,22H2,1-11H3/t23-,25-,26+,27-,28-,30?,31-,32-,33+,34-,35-,38+,39-,40-/m1/s1. The smallest absolute Gasteiger partial charge is 0.311 e. The van der Waals surface area contributed by atoms with Crippen molar-refractivity contribution in [3.63, 3.8) is 0 Å². The fourth-order valence-electron chi connectivity index (χ4n) is 9.48. The molecule has 4 fully saturated rings. The summed E-state index contributed by atoms with van der Waals surface area (Å²) in [7, 11) is 3.87. The minimum atomic E-state index is -1.74. The van der Waals surface area contributed by atoms with Crippen molar-refractivity contribution in [1.29, 1.82) is 5.26 Å². The largest absolute Gasteiger partial charge is 0.459 e. The lowest BCUT2D eigenvalue weighted by atomic mass is 9.78. The number of aromatic nitrogens is 1. The van der Waals surface area contributed by atoms with Gasteiger partial charge in [-0.1, -0.05) is 20.8 Å². The Hall–Kier alpha value is -2.45. The van der Waals surface area contributed by atoms with E-state index in [1.165, 1.54) is 6.92 Å². The highest BCUT2D eigenvalue weighted by Gasteiger charge is 2.58. The van der Waals surface area contributed by atoms with Crippen molar-refractivity contribution in [1.82, 2.24) is 15.2 Å². The Labute approximate surface area is 327 Å². The van der Waals surface area contributed by atoms with Crippen LogP contribution in [0.15, 0.2) is 12.1 Å². The molecule has 0 radical (unpaired) electrons. The number of fused-ring (bicyclic) bond motifs is 3. The number of piperidine rings is 1. The molecule has 4 aliphatic rings. The van der Waals surface area contributed by atoms with Crippen molar-refractivity contribution in [2.24, 2.45) is 17.8 Å². The summed E-state index contributed by atoms with van der Waals surface area (Å²) in [6, 6.07) is 5.16. The molecule has 1 spiro atoms. The molecule has 14 nitrogen and oxygen atoms in total. The van der Waals surface area contributed by atoms with E-state index >= 15 is 0 Å². The Morgan fingerprint density at radius 3 is 2.42 bits per heavy atom. The summed E-state index contributed by atoms with van der Waals surface area (Å²) in [5.41, 5.74) is -1.47. The number of nitriles is 1. The van der Waals surface area contributed by atoms with Crippen LogP contribution in [0.5, 0.6) is 0 Å². The highest BCUT2D eigenvalue weighted by molar-refractivity contribution is 5.73. The first-order valence-electron chi connectivity index (χ1n) is 20.3. The van der Waals surface area contributed by atoms with Crippen LogP contribution in [0.4, 0.5) is 5.82 Å². The molecule has 0 aliphatic carbocycles. The third kappa shape index (κ3) is 9.16. The molecule has 1 aromatic rings. The number of aliphatic hydroxyl groups is 3. The van der Waals surface area contributed by atoms with E-state index in [0.717, 1.165) is 5.69 Å². The average Bonchev–Trinajstić information content (AvgIpc) is 3.21. The van der Waals surface area contributed by atoms with Gasteiger partial charge in [0.05, 0.1) is 35.4 Å². The third-order valence-electron chi connectivity index (χ3n) is 12.6. The molecular weight excluding hydrogens is 706 g/mol. The van der Waals surface area contributed by atoms with Crippen LogP contribution in [-0.2, 0) is 28.5 Å². The first kappa shape index (κ1) is 43.7. The van der Waals surface area contributed by atoms with Crippen molar-refractivity contribution < 1.29 is 43.8 Å². The molecule has 14 heteroatoms. The first-order chi connectivity index (χ1) is 25.8. The summed E-state index contributed by atoms with van der Waals surface area (Å²) in [4.78, 5) is 23.1. The minimum Gasteiger partial charge on any atom is -0.459 e. The zero-order chi connectivity index (χ0) is 40.6. The average molecular weight is 774 g/mol. The molecule has 1 aromatic heterocycles. The van der Waals surface area contributed by atoms with Crippen molar-refractivity contribution in [2.75, 3.05) is 38.6 Å². The molecule has 1 unspecified atom stereocenters. The zero-order valence-corrected chi connectivity index (χ0v) is 34.8. The Kier molecular flexibility index (Phi) is 13.6. The third-order valence-corrected chi connectivity index (χ3v) is 12.6. The minimum absolute atomic E-state index is 0.0284. The molecule has 0 aromatic carbocycles. The maximum absolute atomic E-state index is 14.3. The molecule has 2 bridgehead atoms. The van der Waals surface area contributed by atoms with E-state index in [2.05, 4.69) is 23.2 Å². The van der Waals surface area contributed by atoms with Gasteiger partial charge in [-0.2, -0.15) is 5.26 Å². The van der Waals surface area contributed by atoms with Crippen molar-refractivity contribution >= 4 is 11.8 Å². The number of anilines is 1. The van der Waals surface area contributed by atoms with Crippen molar-refractivity contribution in [3.8, 4) is 6.07 Å². The van der Waals surface area contributed by atoms with Gasteiger partial charge in [0.25, 0.3) is 0 Å². The summed E-state index contributed by atoms with van der Waals surface area (Å²) in [6.45, 7) is 18.3. The maximum Gasteiger partial charge on any atom is 0.311 e. The Morgan fingerprint density at radius 2 is 1.80 bits per heavy atom. The zero-order valence-electron chi connectivity index (χ0n) is 34.8. The van der Waals surface area contributed by atoms with Gasteiger partial charge in [-0.25, -0.2) is 4.98 Å². The van der Waals surface area contributed by atoms with E-state index < -0.39 is 77.6 Å². The predicted molar refractivity (Wildman–Crippen MR) is 206 cm³/mol. The molecule has 0 amide bonds. The van der Waals surface area contributed by atoms with Crippen molar-refractivity contribution in [2.45, 2.75) is 166 Å². The van der Waals surface area contributed by atoms with E-state index in [1.54, 1.807) is 13.0 Å². The molecule has 4 aliphatic heterocycles. The van der Waals surface area contributed by atoms with E-state index in [9.17, 15) is 25.4 Å². The van der Waals surface area contributed by atoms with Gasteiger partial charge in [0.15, 0.2) is 12.1 Å². The van der Waals surface area contributed by atoms with Gasteiger partial charge in [0.1, 0.15) is 35.8 Å². The van der Waals surface area contributed by atoms with Gasteiger partial charge in [-0.3, -0.25) is 4.79 Å². The predicted octanol–water partition coefficient (Wildman–Crippen LogP) is 3.27. The van der Waals surface area contributed by atoms with Gasteiger partial charge in [-0.15, -0.1) is 0 Å². The van der Waals surface area contributed by atoms with Gasteiger partial charge < -0.3 is 54.1 Å². The molecule has 4 N–H and O–H groups in total. The number of hydrogen-bond donors (Lipinski definition) is 4. The summed E-state index contributed by atoms with van der Waals surface area (Å²) >= 11 is 0. The SMILES string of the molecule is CC[C@H]1OC(=O)[C@H](C)[C@H]2OC3(CCN(c4nc(C)ccc4C#N)CC3)O[C@](C)(C[C@@H](C)CN[C@H](C)[C@@H](O)[C@]1(C)O)[C@H](O[C@@H]1O[C@H](C)CC(N(C)C)[C@H]1O)[C@H]2C. The lowest BCUT2D eigenvalue weighted by molar-refractivity contribution is -0.327. The van der Waals surface area contributed by atoms with Crippen LogP contribution in [0.1, 0.15) is 98.8 Å². The summed E-state index contributed by atoms with van der Waals surface area (Å²) in [5.74, 6) is -2.48. The lowest BCUT2D eigenvalue weighted by Crippen LogP contribution is -2.60. The number of ether oxygens (including phenoxy) is 5. The molecular formula is C41H67N5O9. The molecule has 310 valence electrons. The number of nitrogens with one attached hydrogen (secondary N) is 1. The molecule has 0 saturated carbocycles. The van der Waals surface area contributed by atoms with Crippen LogP contribution < -0.4 is 10.2 Å². The van der Waals surface area contributed by atoms with Crippen LogP contribution in [0.2, 0.25) is 0 Å². The number of rotatable bonds is 5. The monoisotopic (exact) mass is 773 g/mol. The van der Waals surface area contributed by atoms with Crippen LogP contribution >= 0.6 is 0 Å². The quantitative estimate of drug-likeness (QED) is 0.321. The Morgan fingerprint density at radius 1 is 1.13 bits per heavy atom. The highest BCUT2D eigenvalue weighted by atomic mass is 16.7. The number of pyridine rings is 1.